The van der Waals surface area contributed by atoms with Gasteiger partial charge in [-0.25, -0.2) is 4.79 Å². The summed E-state index contributed by atoms with van der Waals surface area (Å²) < 4.78 is 5.66. The van der Waals surface area contributed by atoms with Gasteiger partial charge in [0.1, 0.15) is 0 Å². The van der Waals surface area contributed by atoms with E-state index in [1.807, 2.05) is 12.1 Å². The SMILES string of the molecule is CCC1CN(c2cccc(Cl)c2/C=C/C(=O)O)CCO1. The average Bonchev–Trinajstić information content (AvgIpc) is 2.45. The highest BCUT2D eigenvalue weighted by Gasteiger charge is 2.21. The summed E-state index contributed by atoms with van der Waals surface area (Å²) in [6.45, 7) is 4.35. The van der Waals surface area contributed by atoms with E-state index in [1.165, 1.54) is 0 Å². The van der Waals surface area contributed by atoms with Gasteiger partial charge in [0.2, 0.25) is 0 Å². The molecule has 0 amide bonds. The van der Waals surface area contributed by atoms with Crippen molar-refractivity contribution >= 4 is 29.3 Å². The zero-order chi connectivity index (χ0) is 14.5. The molecule has 0 spiro atoms. The summed E-state index contributed by atoms with van der Waals surface area (Å²) in [7, 11) is 0. The second-order valence-electron chi connectivity index (χ2n) is 4.69. The van der Waals surface area contributed by atoms with E-state index in [9.17, 15) is 4.79 Å². The van der Waals surface area contributed by atoms with Crippen LogP contribution in [0.4, 0.5) is 5.69 Å². The summed E-state index contributed by atoms with van der Waals surface area (Å²) in [5.74, 6) is -0.982. The lowest BCUT2D eigenvalue weighted by molar-refractivity contribution is -0.131. The van der Waals surface area contributed by atoms with Crippen LogP contribution < -0.4 is 4.90 Å². The number of morpholine rings is 1. The Morgan fingerprint density at radius 1 is 1.60 bits per heavy atom. The van der Waals surface area contributed by atoms with Crippen LogP contribution in [0.2, 0.25) is 5.02 Å². The zero-order valence-corrected chi connectivity index (χ0v) is 12.1. The van der Waals surface area contributed by atoms with Gasteiger partial charge >= 0.3 is 5.97 Å². The number of carboxylic acid groups (broad SMARTS) is 1. The van der Waals surface area contributed by atoms with Crippen molar-refractivity contribution < 1.29 is 14.6 Å². The number of benzene rings is 1. The van der Waals surface area contributed by atoms with Crippen LogP contribution in [0.3, 0.4) is 0 Å². The summed E-state index contributed by atoms with van der Waals surface area (Å²) >= 11 is 6.20. The van der Waals surface area contributed by atoms with Crippen molar-refractivity contribution in [2.45, 2.75) is 19.4 Å². The molecule has 0 radical (unpaired) electrons. The normalized spacial score (nSPS) is 19.5. The van der Waals surface area contributed by atoms with Crippen LogP contribution >= 0.6 is 11.6 Å². The molecule has 1 unspecified atom stereocenters. The fourth-order valence-corrected chi connectivity index (χ4v) is 2.54. The van der Waals surface area contributed by atoms with Gasteiger partial charge in [-0.05, 0) is 24.6 Å². The summed E-state index contributed by atoms with van der Waals surface area (Å²) in [6, 6.07) is 5.61. The molecule has 1 saturated heterocycles. The lowest BCUT2D eigenvalue weighted by atomic mass is 10.1. The van der Waals surface area contributed by atoms with Gasteiger partial charge in [-0.3, -0.25) is 0 Å². The van der Waals surface area contributed by atoms with E-state index in [4.69, 9.17) is 21.4 Å². The number of aliphatic carboxylic acids is 1. The van der Waals surface area contributed by atoms with Crippen LogP contribution in [0.5, 0.6) is 0 Å². The minimum absolute atomic E-state index is 0.207. The highest BCUT2D eigenvalue weighted by molar-refractivity contribution is 6.32. The van der Waals surface area contributed by atoms with E-state index in [-0.39, 0.29) is 6.10 Å². The first-order valence-electron chi connectivity index (χ1n) is 6.68. The molecule has 1 aromatic carbocycles. The third-order valence-electron chi connectivity index (χ3n) is 3.36. The lowest BCUT2D eigenvalue weighted by Crippen LogP contribution is -2.42. The van der Waals surface area contributed by atoms with Gasteiger partial charge in [-0.2, -0.15) is 0 Å². The molecule has 1 aliphatic heterocycles. The van der Waals surface area contributed by atoms with Crippen LogP contribution in [0.15, 0.2) is 24.3 Å². The van der Waals surface area contributed by atoms with Gasteiger partial charge in [0.05, 0.1) is 12.7 Å². The van der Waals surface area contributed by atoms with Gasteiger partial charge in [0.25, 0.3) is 0 Å². The minimum atomic E-state index is -0.982. The smallest absolute Gasteiger partial charge is 0.328 e. The van der Waals surface area contributed by atoms with E-state index < -0.39 is 5.97 Å². The number of carboxylic acids is 1. The number of carbonyl (C=O) groups is 1. The maximum absolute atomic E-state index is 10.7. The minimum Gasteiger partial charge on any atom is -0.478 e. The summed E-state index contributed by atoms with van der Waals surface area (Å²) in [4.78, 5) is 12.9. The predicted octanol–water partition coefficient (Wildman–Crippen LogP) is 3.05. The quantitative estimate of drug-likeness (QED) is 0.868. The van der Waals surface area contributed by atoms with Crippen LogP contribution in [0, 0.1) is 0 Å². The summed E-state index contributed by atoms with van der Waals surface area (Å²) in [6.07, 6.45) is 3.83. The van der Waals surface area contributed by atoms with E-state index in [0.29, 0.717) is 11.6 Å². The average molecular weight is 296 g/mol. The number of hydrogen-bond donors (Lipinski definition) is 1. The van der Waals surface area contributed by atoms with Crippen molar-refractivity contribution in [3.05, 3.63) is 34.9 Å². The predicted molar refractivity (Wildman–Crippen MR) is 80.4 cm³/mol. The molecule has 5 heteroatoms. The second-order valence-corrected chi connectivity index (χ2v) is 5.10. The Labute approximate surface area is 123 Å². The highest BCUT2D eigenvalue weighted by atomic mass is 35.5. The number of rotatable bonds is 4. The Bertz CT molecular complexity index is 516. The molecular weight excluding hydrogens is 278 g/mol. The van der Waals surface area contributed by atoms with Crippen molar-refractivity contribution in [1.29, 1.82) is 0 Å². The van der Waals surface area contributed by atoms with Gasteiger partial charge in [0.15, 0.2) is 0 Å². The fraction of sp³-hybridized carbons (Fsp3) is 0.400. The number of nitrogens with zero attached hydrogens (tertiary/aromatic N) is 1. The van der Waals surface area contributed by atoms with Gasteiger partial charge < -0.3 is 14.7 Å². The molecule has 2 rings (SSSR count). The maximum Gasteiger partial charge on any atom is 0.328 e. The molecule has 1 aromatic rings. The third-order valence-corrected chi connectivity index (χ3v) is 3.69. The third kappa shape index (κ3) is 3.52. The van der Waals surface area contributed by atoms with Crippen molar-refractivity contribution in [1.82, 2.24) is 0 Å². The zero-order valence-electron chi connectivity index (χ0n) is 11.4. The van der Waals surface area contributed by atoms with E-state index in [2.05, 4.69) is 11.8 Å². The Morgan fingerprint density at radius 2 is 2.40 bits per heavy atom. The molecule has 1 aliphatic rings. The molecule has 0 aromatic heterocycles. The topological polar surface area (TPSA) is 49.8 Å². The molecule has 108 valence electrons. The molecule has 0 aliphatic carbocycles. The van der Waals surface area contributed by atoms with Crippen molar-refractivity contribution in [2.24, 2.45) is 0 Å². The first-order valence-corrected chi connectivity index (χ1v) is 7.05. The van der Waals surface area contributed by atoms with Crippen LogP contribution in [0.25, 0.3) is 6.08 Å². The number of anilines is 1. The first-order chi connectivity index (χ1) is 9.61. The van der Waals surface area contributed by atoms with Crippen LogP contribution in [-0.4, -0.2) is 36.9 Å². The van der Waals surface area contributed by atoms with Crippen molar-refractivity contribution in [2.75, 3.05) is 24.6 Å². The second kappa shape index (κ2) is 6.77. The van der Waals surface area contributed by atoms with Gasteiger partial charge in [0, 0.05) is 35.4 Å². The molecule has 20 heavy (non-hydrogen) atoms. The van der Waals surface area contributed by atoms with Gasteiger partial charge in [-0.15, -0.1) is 0 Å². The van der Waals surface area contributed by atoms with E-state index >= 15 is 0 Å². The fourth-order valence-electron chi connectivity index (χ4n) is 2.31. The molecule has 1 fully saturated rings. The number of halogens is 1. The van der Waals surface area contributed by atoms with Crippen LogP contribution in [0.1, 0.15) is 18.9 Å². The number of hydrogen-bond acceptors (Lipinski definition) is 3. The Kier molecular flexibility index (Phi) is 5.04. The molecule has 0 bridgehead atoms. The molecule has 1 N–H and O–H groups in total. The number of ether oxygens (including phenoxy) is 1. The highest BCUT2D eigenvalue weighted by Crippen LogP contribution is 2.30. The molecule has 4 nitrogen and oxygen atoms in total. The molecular formula is C15H18ClNO3. The molecule has 1 atom stereocenters. The molecule has 0 saturated carbocycles. The van der Waals surface area contributed by atoms with E-state index in [1.54, 1.807) is 12.1 Å². The summed E-state index contributed by atoms with van der Waals surface area (Å²) in [5, 5.41) is 9.34. The maximum atomic E-state index is 10.7. The Morgan fingerprint density at radius 3 is 3.10 bits per heavy atom. The van der Waals surface area contributed by atoms with E-state index in [0.717, 1.165) is 36.8 Å². The Hall–Kier alpha value is -1.52. The standard InChI is InChI=1S/C15H18ClNO3/c1-2-11-10-17(8-9-20-11)14-5-3-4-13(16)12(14)6-7-15(18)19/h3-7,11H,2,8-10H2,1H3,(H,18,19)/b7-6+. The largest absolute Gasteiger partial charge is 0.478 e. The summed E-state index contributed by atoms with van der Waals surface area (Å²) in [5.41, 5.74) is 1.70. The van der Waals surface area contributed by atoms with Gasteiger partial charge in [-0.1, -0.05) is 24.6 Å². The Balaban J connectivity index is 2.30. The molecule has 1 heterocycles. The first kappa shape index (κ1) is 14.9. The monoisotopic (exact) mass is 295 g/mol. The lowest BCUT2D eigenvalue weighted by Gasteiger charge is -2.35. The van der Waals surface area contributed by atoms with Crippen molar-refractivity contribution in [3.63, 3.8) is 0 Å². The van der Waals surface area contributed by atoms with Crippen LogP contribution in [-0.2, 0) is 9.53 Å². The van der Waals surface area contributed by atoms with Crippen molar-refractivity contribution in [3.8, 4) is 0 Å².